The summed E-state index contributed by atoms with van der Waals surface area (Å²) in [5.74, 6) is -2.13. The second-order valence-electron chi connectivity index (χ2n) is 5.34. The van der Waals surface area contributed by atoms with Crippen molar-refractivity contribution in [1.82, 2.24) is 9.55 Å². The highest BCUT2D eigenvalue weighted by molar-refractivity contribution is 6.07. The molecule has 1 N–H and O–H groups in total. The van der Waals surface area contributed by atoms with E-state index in [2.05, 4.69) is 10.3 Å². The Hall–Kier alpha value is -2.18. The van der Waals surface area contributed by atoms with E-state index >= 15 is 0 Å². The Bertz CT molecular complexity index is 636. The Balaban J connectivity index is 2.48. The fourth-order valence-electron chi connectivity index (χ4n) is 2.43. The lowest BCUT2D eigenvalue weighted by molar-refractivity contribution is -0.151. The van der Waals surface area contributed by atoms with Gasteiger partial charge in [0.2, 0.25) is 5.91 Å². The molecule has 0 spiro atoms. The Morgan fingerprint density at radius 1 is 1.48 bits per heavy atom. The van der Waals surface area contributed by atoms with E-state index in [1.54, 1.807) is 20.0 Å². The van der Waals surface area contributed by atoms with Crippen LogP contribution in [0.5, 0.6) is 0 Å². The molecule has 21 heavy (non-hydrogen) atoms. The highest BCUT2D eigenvalue weighted by Crippen LogP contribution is 2.34. The summed E-state index contributed by atoms with van der Waals surface area (Å²) in [6, 6.07) is -0.0545. The molecular weight excluding hydrogens is 274 g/mol. The van der Waals surface area contributed by atoms with Crippen LogP contribution in [-0.4, -0.2) is 28.0 Å². The number of aromatic nitrogens is 2. The standard InChI is InChI=1S/C14H19N3O4/c1-5-21-13(19)10-8(4)9-6-17(7(2)3)14(20)16-11(9)15-12(10)18/h6-8,10H,5H2,1-4H3,(H,15,16,18,20). The average Bonchev–Trinajstić information content (AvgIpc) is 2.37. The van der Waals surface area contributed by atoms with E-state index < -0.39 is 29.4 Å². The summed E-state index contributed by atoms with van der Waals surface area (Å²) >= 11 is 0. The van der Waals surface area contributed by atoms with Crippen LogP contribution in [0, 0.1) is 5.92 Å². The first kappa shape index (κ1) is 15.2. The van der Waals surface area contributed by atoms with Gasteiger partial charge in [-0.15, -0.1) is 0 Å². The van der Waals surface area contributed by atoms with Crippen LogP contribution in [0.2, 0.25) is 0 Å². The molecular formula is C14H19N3O4. The molecule has 2 atom stereocenters. The van der Waals surface area contributed by atoms with Crippen molar-refractivity contribution >= 4 is 17.7 Å². The topological polar surface area (TPSA) is 90.3 Å². The van der Waals surface area contributed by atoms with Crippen LogP contribution >= 0.6 is 0 Å². The molecule has 1 aromatic heterocycles. The summed E-state index contributed by atoms with van der Waals surface area (Å²) < 4.78 is 6.43. The number of ether oxygens (including phenoxy) is 1. The molecule has 1 aromatic rings. The lowest BCUT2D eigenvalue weighted by Crippen LogP contribution is -2.41. The normalized spacial score (nSPS) is 20.9. The van der Waals surface area contributed by atoms with Crippen LogP contribution in [0.4, 0.5) is 5.82 Å². The van der Waals surface area contributed by atoms with Gasteiger partial charge in [0.1, 0.15) is 11.7 Å². The predicted molar refractivity (Wildman–Crippen MR) is 76.0 cm³/mol. The van der Waals surface area contributed by atoms with Gasteiger partial charge in [0.25, 0.3) is 0 Å². The van der Waals surface area contributed by atoms with Crippen molar-refractivity contribution < 1.29 is 14.3 Å². The van der Waals surface area contributed by atoms with E-state index in [9.17, 15) is 14.4 Å². The fraction of sp³-hybridized carbons (Fsp3) is 0.571. The van der Waals surface area contributed by atoms with Crippen LogP contribution < -0.4 is 11.0 Å². The van der Waals surface area contributed by atoms with Gasteiger partial charge in [-0.05, 0) is 20.8 Å². The van der Waals surface area contributed by atoms with Crippen molar-refractivity contribution in [2.45, 2.75) is 39.7 Å². The molecule has 2 heterocycles. The Labute approximate surface area is 122 Å². The van der Waals surface area contributed by atoms with Gasteiger partial charge >= 0.3 is 11.7 Å². The van der Waals surface area contributed by atoms with E-state index in [-0.39, 0.29) is 18.5 Å². The van der Waals surface area contributed by atoms with Gasteiger partial charge in [-0.1, -0.05) is 6.92 Å². The first-order valence-electron chi connectivity index (χ1n) is 6.97. The highest BCUT2D eigenvalue weighted by Gasteiger charge is 2.40. The summed E-state index contributed by atoms with van der Waals surface area (Å²) in [5.41, 5.74) is 0.242. The fourth-order valence-corrected chi connectivity index (χ4v) is 2.43. The zero-order valence-corrected chi connectivity index (χ0v) is 12.5. The minimum Gasteiger partial charge on any atom is -0.465 e. The van der Waals surface area contributed by atoms with E-state index in [0.29, 0.717) is 5.56 Å². The molecule has 0 radical (unpaired) electrons. The minimum absolute atomic E-state index is 0.0545. The number of nitrogens with zero attached hydrogens (tertiary/aromatic N) is 2. The number of carbonyl (C=O) groups is 2. The van der Waals surface area contributed by atoms with Crippen molar-refractivity contribution in [1.29, 1.82) is 0 Å². The number of rotatable bonds is 3. The second-order valence-corrected chi connectivity index (χ2v) is 5.34. The Morgan fingerprint density at radius 3 is 2.71 bits per heavy atom. The number of amides is 1. The summed E-state index contributed by atoms with van der Waals surface area (Å²) in [6.45, 7) is 7.39. The van der Waals surface area contributed by atoms with Gasteiger partial charge in [-0.2, -0.15) is 4.98 Å². The largest absolute Gasteiger partial charge is 0.465 e. The lowest BCUT2D eigenvalue weighted by atomic mass is 9.85. The molecule has 0 aliphatic carbocycles. The van der Waals surface area contributed by atoms with E-state index in [4.69, 9.17) is 4.74 Å². The molecule has 0 fully saturated rings. The molecule has 0 bridgehead atoms. The maximum absolute atomic E-state index is 12.1. The van der Waals surface area contributed by atoms with Gasteiger partial charge < -0.3 is 10.1 Å². The molecule has 0 aromatic carbocycles. The van der Waals surface area contributed by atoms with Crippen molar-refractivity contribution in [3.8, 4) is 0 Å². The van der Waals surface area contributed by atoms with E-state index in [0.717, 1.165) is 0 Å². The van der Waals surface area contributed by atoms with Crippen molar-refractivity contribution in [2.24, 2.45) is 5.92 Å². The zero-order valence-electron chi connectivity index (χ0n) is 12.5. The van der Waals surface area contributed by atoms with Crippen LogP contribution in [0.3, 0.4) is 0 Å². The molecule has 1 amide bonds. The summed E-state index contributed by atoms with van der Waals surface area (Å²) in [7, 11) is 0. The third-order valence-corrected chi connectivity index (χ3v) is 3.59. The molecule has 0 saturated heterocycles. The number of anilines is 1. The van der Waals surface area contributed by atoms with Gasteiger partial charge in [0.05, 0.1) is 6.61 Å². The molecule has 0 saturated carbocycles. The SMILES string of the molecule is CCOC(=O)C1C(=O)Nc2nc(=O)n(C(C)C)cc2C1C. The van der Waals surface area contributed by atoms with Crippen LogP contribution in [0.15, 0.2) is 11.0 Å². The lowest BCUT2D eigenvalue weighted by Gasteiger charge is -2.29. The number of fused-ring (bicyclic) bond motifs is 1. The van der Waals surface area contributed by atoms with Gasteiger partial charge in [0.15, 0.2) is 0 Å². The Kier molecular flexibility index (Phi) is 4.11. The monoisotopic (exact) mass is 293 g/mol. The van der Waals surface area contributed by atoms with Crippen molar-refractivity contribution in [3.05, 3.63) is 22.2 Å². The summed E-state index contributed by atoms with van der Waals surface area (Å²) in [6.07, 6.45) is 1.66. The first-order chi connectivity index (χ1) is 9.86. The molecule has 7 nitrogen and oxygen atoms in total. The number of hydrogen-bond acceptors (Lipinski definition) is 5. The van der Waals surface area contributed by atoms with E-state index in [1.807, 2.05) is 13.8 Å². The number of carbonyl (C=O) groups excluding carboxylic acids is 2. The number of hydrogen-bond donors (Lipinski definition) is 1. The first-order valence-corrected chi connectivity index (χ1v) is 6.97. The predicted octanol–water partition coefficient (Wildman–Crippen LogP) is 1.06. The van der Waals surface area contributed by atoms with Gasteiger partial charge in [-0.25, -0.2) is 4.79 Å². The quantitative estimate of drug-likeness (QED) is 0.664. The van der Waals surface area contributed by atoms with Crippen molar-refractivity contribution in [2.75, 3.05) is 11.9 Å². The summed E-state index contributed by atoms with van der Waals surface area (Å²) in [5, 5.41) is 2.52. The van der Waals surface area contributed by atoms with Gasteiger partial charge in [0, 0.05) is 23.7 Å². The summed E-state index contributed by atoms with van der Waals surface area (Å²) in [4.78, 5) is 39.8. The molecule has 114 valence electrons. The van der Waals surface area contributed by atoms with Crippen LogP contribution in [0.25, 0.3) is 0 Å². The second kappa shape index (κ2) is 5.67. The average molecular weight is 293 g/mol. The number of nitrogens with one attached hydrogen (secondary N) is 1. The third kappa shape index (κ3) is 2.68. The van der Waals surface area contributed by atoms with E-state index in [1.165, 1.54) is 4.57 Å². The molecule has 2 unspecified atom stereocenters. The Morgan fingerprint density at radius 2 is 2.14 bits per heavy atom. The van der Waals surface area contributed by atoms with Crippen LogP contribution in [0.1, 0.15) is 45.2 Å². The van der Waals surface area contributed by atoms with Gasteiger partial charge in [-0.3, -0.25) is 14.2 Å². The molecule has 7 heteroatoms. The maximum atomic E-state index is 12.1. The minimum atomic E-state index is -0.919. The molecule has 1 aliphatic heterocycles. The zero-order chi connectivity index (χ0) is 15.7. The third-order valence-electron chi connectivity index (χ3n) is 3.59. The smallest absolute Gasteiger partial charge is 0.349 e. The number of esters is 1. The molecule has 2 rings (SSSR count). The molecule has 1 aliphatic rings. The van der Waals surface area contributed by atoms with Crippen molar-refractivity contribution in [3.63, 3.8) is 0 Å². The highest BCUT2D eigenvalue weighted by atomic mass is 16.5. The van der Waals surface area contributed by atoms with Crippen LogP contribution in [-0.2, 0) is 14.3 Å². The maximum Gasteiger partial charge on any atom is 0.349 e.